The number of carbonyl (C=O) groups is 1. The molecular formula is C21H26N2O4. The Morgan fingerprint density at radius 2 is 1.78 bits per heavy atom. The second-order valence-corrected chi connectivity index (χ2v) is 6.43. The molecule has 6 nitrogen and oxygen atoms in total. The SMILES string of the molecule is COc1ccc(CC(=O)N/N=C\c2ccc(OCC(C)C)cc2)cc1OC. The number of benzene rings is 2. The minimum Gasteiger partial charge on any atom is -0.493 e. The van der Waals surface area contributed by atoms with Crippen LogP contribution in [0.2, 0.25) is 0 Å². The Labute approximate surface area is 160 Å². The van der Waals surface area contributed by atoms with Crippen LogP contribution >= 0.6 is 0 Å². The number of carbonyl (C=O) groups excluding carboxylic acids is 1. The molecule has 0 fully saturated rings. The number of rotatable bonds is 9. The highest BCUT2D eigenvalue weighted by molar-refractivity contribution is 5.83. The molecule has 0 radical (unpaired) electrons. The summed E-state index contributed by atoms with van der Waals surface area (Å²) in [6, 6.07) is 12.9. The van der Waals surface area contributed by atoms with Gasteiger partial charge in [-0.3, -0.25) is 4.79 Å². The fraction of sp³-hybridized carbons (Fsp3) is 0.333. The lowest BCUT2D eigenvalue weighted by Gasteiger charge is -2.09. The largest absolute Gasteiger partial charge is 0.493 e. The van der Waals surface area contributed by atoms with E-state index in [4.69, 9.17) is 14.2 Å². The highest BCUT2D eigenvalue weighted by atomic mass is 16.5. The Balaban J connectivity index is 1.86. The van der Waals surface area contributed by atoms with Crippen molar-refractivity contribution in [3.05, 3.63) is 53.6 Å². The summed E-state index contributed by atoms with van der Waals surface area (Å²) < 4.78 is 16.1. The summed E-state index contributed by atoms with van der Waals surface area (Å²) in [4.78, 5) is 12.0. The van der Waals surface area contributed by atoms with Gasteiger partial charge < -0.3 is 14.2 Å². The van der Waals surface area contributed by atoms with Crippen LogP contribution in [-0.4, -0.2) is 32.9 Å². The molecular weight excluding hydrogens is 344 g/mol. The molecule has 1 N–H and O–H groups in total. The lowest BCUT2D eigenvalue weighted by atomic mass is 10.1. The van der Waals surface area contributed by atoms with Crippen LogP contribution in [0.4, 0.5) is 0 Å². The summed E-state index contributed by atoms with van der Waals surface area (Å²) in [7, 11) is 3.13. The molecule has 0 atom stereocenters. The van der Waals surface area contributed by atoms with Crippen LogP contribution in [0, 0.1) is 5.92 Å². The first kappa shape index (κ1) is 20.3. The number of hydrogen-bond donors (Lipinski definition) is 1. The lowest BCUT2D eigenvalue weighted by Crippen LogP contribution is -2.19. The van der Waals surface area contributed by atoms with Crippen LogP contribution in [0.1, 0.15) is 25.0 Å². The van der Waals surface area contributed by atoms with E-state index in [0.717, 1.165) is 16.9 Å². The van der Waals surface area contributed by atoms with Gasteiger partial charge in [0.15, 0.2) is 11.5 Å². The Kier molecular flexibility index (Phi) is 7.67. The fourth-order valence-electron chi connectivity index (χ4n) is 2.31. The Morgan fingerprint density at radius 3 is 2.41 bits per heavy atom. The van der Waals surface area contributed by atoms with Gasteiger partial charge in [0.25, 0.3) is 0 Å². The van der Waals surface area contributed by atoms with Gasteiger partial charge in [0.05, 0.1) is 33.5 Å². The second kappa shape index (κ2) is 10.2. The molecule has 6 heteroatoms. The van der Waals surface area contributed by atoms with Gasteiger partial charge in [-0.2, -0.15) is 5.10 Å². The highest BCUT2D eigenvalue weighted by Gasteiger charge is 2.07. The van der Waals surface area contributed by atoms with Crippen molar-refractivity contribution < 1.29 is 19.0 Å². The number of ether oxygens (including phenoxy) is 3. The molecule has 0 aromatic heterocycles. The van der Waals surface area contributed by atoms with Gasteiger partial charge in [0.1, 0.15) is 5.75 Å². The molecule has 0 unspecified atom stereocenters. The summed E-state index contributed by atoms with van der Waals surface area (Å²) >= 11 is 0. The van der Waals surface area contributed by atoms with Crippen molar-refractivity contribution in [1.29, 1.82) is 0 Å². The Bertz CT molecular complexity index is 770. The number of amides is 1. The van der Waals surface area contributed by atoms with E-state index in [2.05, 4.69) is 24.4 Å². The lowest BCUT2D eigenvalue weighted by molar-refractivity contribution is -0.120. The first-order valence-electron chi connectivity index (χ1n) is 8.77. The molecule has 27 heavy (non-hydrogen) atoms. The predicted molar refractivity (Wildman–Crippen MR) is 106 cm³/mol. The third-order valence-corrected chi connectivity index (χ3v) is 3.68. The van der Waals surface area contributed by atoms with Crippen molar-refractivity contribution in [2.24, 2.45) is 11.0 Å². The number of nitrogens with one attached hydrogen (secondary N) is 1. The van der Waals surface area contributed by atoms with E-state index in [0.29, 0.717) is 24.0 Å². The molecule has 2 aromatic rings. The second-order valence-electron chi connectivity index (χ2n) is 6.43. The average Bonchev–Trinajstić information content (AvgIpc) is 2.67. The van der Waals surface area contributed by atoms with Crippen LogP contribution in [0.5, 0.6) is 17.2 Å². The minimum atomic E-state index is -0.213. The zero-order valence-electron chi connectivity index (χ0n) is 16.2. The molecule has 0 saturated heterocycles. The van der Waals surface area contributed by atoms with Crippen LogP contribution in [0.15, 0.2) is 47.6 Å². The molecule has 144 valence electrons. The molecule has 1 amide bonds. The van der Waals surface area contributed by atoms with E-state index in [9.17, 15) is 4.79 Å². The zero-order valence-corrected chi connectivity index (χ0v) is 16.2. The molecule has 0 aliphatic carbocycles. The third kappa shape index (κ3) is 6.66. The monoisotopic (exact) mass is 370 g/mol. The zero-order chi connectivity index (χ0) is 19.6. The van der Waals surface area contributed by atoms with E-state index in [1.54, 1.807) is 32.6 Å². The molecule has 0 spiro atoms. The van der Waals surface area contributed by atoms with Crippen LogP contribution in [0.3, 0.4) is 0 Å². The first-order valence-corrected chi connectivity index (χ1v) is 8.77. The maximum absolute atomic E-state index is 12.0. The predicted octanol–water partition coefficient (Wildman–Crippen LogP) is 3.43. The van der Waals surface area contributed by atoms with Crippen molar-refractivity contribution >= 4 is 12.1 Å². The molecule has 2 aromatic carbocycles. The quantitative estimate of drug-likeness (QED) is 0.542. The van der Waals surface area contributed by atoms with Gasteiger partial charge >= 0.3 is 0 Å². The van der Waals surface area contributed by atoms with Gasteiger partial charge in [-0.25, -0.2) is 5.43 Å². The van der Waals surface area contributed by atoms with Crippen molar-refractivity contribution in [3.63, 3.8) is 0 Å². The van der Waals surface area contributed by atoms with E-state index in [1.807, 2.05) is 30.3 Å². The first-order chi connectivity index (χ1) is 13.0. The number of nitrogens with zero attached hydrogens (tertiary/aromatic N) is 1. The van der Waals surface area contributed by atoms with Gasteiger partial charge in [-0.15, -0.1) is 0 Å². The van der Waals surface area contributed by atoms with Gasteiger partial charge in [-0.1, -0.05) is 19.9 Å². The van der Waals surface area contributed by atoms with Crippen molar-refractivity contribution in [3.8, 4) is 17.2 Å². The third-order valence-electron chi connectivity index (χ3n) is 3.68. The van der Waals surface area contributed by atoms with E-state index < -0.39 is 0 Å². The summed E-state index contributed by atoms with van der Waals surface area (Å²) in [6.45, 7) is 4.89. The van der Waals surface area contributed by atoms with Crippen molar-refractivity contribution in [2.75, 3.05) is 20.8 Å². The number of methoxy groups -OCH3 is 2. The molecule has 0 aliphatic rings. The molecule has 0 saturated carbocycles. The average molecular weight is 370 g/mol. The van der Waals surface area contributed by atoms with Crippen molar-refractivity contribution in [1.82, 2.24) is 5.43 Å². The summed E-state index contributed by atoms with van der Waals surface area (Å²) in [5.74, 6) is 2.30. The summed E-state index contributed by atoms with van der Waals surface area (Å²) in [6.07, 6.45) is 1.79. The number of hydrazone groups is 1. The van der Waals surface area contributed by atoms with Gasteiger partial charge in [-0.05, 0) is 53.4 Å². The minimum absolute atomic E-state index is 0.194. The van der Waals surface area contributed by atoms with Crippen LogP contribution in [0.25, 0.3) is 0 Å². The smallest absolute Gasteiger partial charge is 0.244 e. The van der Waals surface area contributed by atoms with E-state index in [1.165, 1.54) is 0 Å². The normalized spacial score (nSPS) is 10.9. The maximum atomic E-state index is 12.0. The molecule has 0 heterocycles. The molecule has 0 aliphatic heterocycles. The fourth-order valence-corrected chi connectivity index (χ4v) is 2.31. The van der Waals surface area contributed by atoms with Gasteiger partial charge in [0, 0.05) is 0 Å². The summed E-state index contributed by atoms with van der Waals surface area (Å²) in [5, 5.41) is 4.00. The molecule has 2 rings (SSSR count). The Morgan fingerprint density at radius 1 is 1.07 bits per heavy atom. The van der Waals surface area contributed by atoms with Crippen LogP contribution in [-0.2, 0) is 11.2 Å². The maximum Gasteiger partial charge on any atom is 0.244 e. The highest BCUT2D eigenvalue weighted by Crippen LogP contribution is 2.27. The molecule has 0 bridgehead atoms. The van der Waals surface area contributed by atoms with Crippen molar-refractivity contribution in [2.45, 2.75) is 20.3 Å². The van der Waals surface area contributed by atoms with E-state index >= 15 is 0 Å². The van der Waals surface area contributed by atoms with E-state index in [-0.39, 0.29) is 12.3 Å². The standard InChI is InChI=1S/C21H26N2O4/c1-15(2)14-27-18-8-5-16(6-9-18)13-22-23-21(24)12-17-7-10-19(25-3)20(11-17)26-4/h5-11,13,15H,12,14H2,1-4H3,(H,23,24)/b22-13-. The summed E-state index contributed by atoms with van der Waals surface area (Å²) in [5.41, 5.74) is 4.21. The van der Waals surface area contributed by atoms with Gasteiger partial charge in [0.2, 0.25) is 5.91 Å². The topological polar surface area (TPSA) is 69.2 Å². The number of hydrogen-bond acceptors (Lipinski definition) is 5. The van der Waals surface area contributed by atoms with Crippen LogP contribution < -0.4 is 19.6 Å². The Hall–Kier alpha value is -3.02.